The summed E-state index contributed by atoms with van der Waals surface area (Å²) in [6, 6.07) is 0. The average molecular weight is 266 g/mol. The summed E-state index contributed by atoms with van der Waals surface area (Å²) in [5.74, 6) is 7.33. The fourth-order valence-electron chi connectivity index (χ4n) is 2.09. The zero-order chi connectivity index (χ0) is 13.5. The molecule has 0 saturated heterocycles. The van der Waals surface area contributed by atoms with Crippen LogP contribution in [0.1, 0.15) is 19.2 Å². The monoisotopic (exact) mass is 266 g/mol. The highest BCUT2D eigenvalue weighted by Crippen LogP contribution is 2.09. The van der Waals surface area contributed by atoms with Crippen LogP contribution in [0.3, 0.4) is 0 Å². The second kappa shape index (κ2) is 7.10. The lowest BCUT2D eigenvalue weighted by Gasteiger charge is -2.29. The van der Waals surface area contributed by atoms with Crippen LogP contribution in [0.25, 0.3) is 0 Å². The van der Waals surface area contributed by atoms with Crippen LogP contribution in [0.4, 0.5) is 0 Å². The number of ether oxygens (including phenoxy) is 1. The van der Waals surface area contributed by atoms with Gasteiger partial charge in [0.15, 0.2) is 0 Å². The molecule has 3 N–H and O–H groups in total. The lowest BCUT2D eigenvalue weighted by molar-refractivity contribution is 0.146. The van der Waals surface area contributed by atoms with E-state index in [1.54, 1.807) is 0 Å². The fraction of sp³-hybridized carbons (Fsp3) is 0.667. The molecule has 0 aliphatic carbocycles. The first kappa shape index (κ1) is 13.8. The van der Waals surface area contributed by atoms with Crippen LogP contribution in [-0.2, 0) is 17.8 Å². The van der Waals surface area contributed by atoms with Gasteiger partial charge >= 0.3 is 0 Å². The first-order chi connectivity index (χ1) is 9.35. The van der Waals surface area contributed by atoms with Gasteiger partial charge in [0.25, 0.3) is 0 Å². The van der Waals surface area contributed by atoms with E-state index in [4.69, 9.17) is 10.6 Å². The van der Waals surface area contributed by atoms with Gasteiger partial charge in [-0.15, -0.1) is 0 Å². The minimum Gasteiger partial charge on any atom is -0.382 e. The van der Waals surface area contributed by atoms with Crippen molar-refractivity contribution in [2.75, 3.05) is 26.3 Å². The molecule has 106 valence electrons. The Morgan fingerprint density at radius 3 is 3.26 bits per heavy atom. The Morgan fingerprint density at radius 2 is 2.47 bits per heavy atom. The second-order valence-corrected chi connectivity index (χ2v) is 4.36. The number of hydrazine groups is 1. The first-order valence-corrected chi connectivity index (χ1v) is 6.69. The summed E-state index contributed by atoms with van der Waals surface area (Å²) in [6.45, 7) is 6.73. The van der Waals surface area contributed by atoms with Crippen molar-refractivity contribution in [3.05, 3.63) is 18.2 Å². The van der Waals surface area contributed by atoms with Gasteiger partial charge in [0.1, 0.15) is 5.82 Å². The lowest BCUT2D eigenvalue weighted by Crippen LogP contribution is -2.48. The van der Waals surface area contributed by atoms with Gasteiger partial charge in [0, 0.05) is 45.2 Å². The maximum Gasteiger partial charge on any atom is 0.208 e. The standard InChI is InChI=1S/C12H22N6O/c1-2-19-9-3-4-15-12(16-13)18-8-7-17-6-5-14-11(17)10-18/h5-6H,2-4,7-10,13H2,1H3,(H,15,16). The lowest BCUT2D eigenvalue weighted by atomic mass is 10.3. The number of nitrogens with two attached hydrogens (primary N) is 1. The Labute approximate surface area is 113 Å². The van der Waals surface area contributed by atoms with E-state index in [0.29, 0.717) is 6.54 Å². The summed E-state index contributed by atoms with van der Waals surface area (Å²) in [5.41, 5.74) is 2.68. The predicted molar refractivity (Wildman–Crippen MR) is 73.4 cm³/mol. The maximum atomic E-state index is 5.56. The minimum atomic E-state index is 0.713. The van der Waals surface area contributed by atoms with Crippen molar-refractivity contribution in [3.8, 4) is 0 Å². The van der Waals surface area contributed by atoms with E-state index in [1.807, 2.05) is 19.3 Å². The summed E-state index contributed by atoms with van der Waals surface area (Å²) in [4.78, 5) is 10.9. The summed E-state index contributed by atoms with van der Waals surface area (Å²) in [7, 11) is 0. The number of fused-ring (bicyclic) bond motifs is 1. The van der Waals surface area contributed by atoms with Crippen LogP contribution in [-0.4, -0.2) is 46.7 Å². The van der Waals surface area contributed by atoms with Crippen LogP contribution in [0.5, 0.6) is 0 Å². The van der Waals surface area contributed by atoms with E-state index in [2.05, 4.69) is 24.9 Å². The molecule has 0 fully saturated rings. The third-order valence-electron chi connectivity index (χ3n) is 3.09. The Balaban J connectivity index is 1.86. The highest BCUT2D eigenvalue weighted by molar-refractivity contribution is 5.79. The van der Waals surface area contributed by atoms with Crippen molar-refractivity contribution in [1.29, 1.82) is 0 Å². The van der Waals surface area contributed by atoms with Gasteiger partial charge in [0.2, 0.25) is 5.96 Å². The Kier molecular flexibility index (Phi) is 5.17. The third-order valence-corrected chi connectivity index (χ3v) is 3.09. The van der Waals surface area contributed by atoms with Gasteiger partial charge in [-0.2, -0.15) is 0 Å². The molecule has 0 radical (unpaired) electrons. The molecule has 1 aromatic rings. The van der Waals surface area contributed by atoms with E-state index in [0.717, 1.165) is 51.1 Å². The maximum absolute atomic E-state index is 5.56. The van der Waals surface area contributed by atoms with E-state index in [9.17, 15) is 0 Å². The SMILES string of the molecule is CCOCCCN=C(NN)N1CCn2ccnc2C1. The molecule has 0 saturated carbocycles. The fourth-order valence-corrected chi connectivity index (χ4v) is 2.09. The number of aromatic nitrogens is 2. The van der Waals surface area contributed by atoms with Crippen molar-refractivity contribution in [2.24, 2.45) is 10.8 Å². The Bertz CT molecular complexity index is 416. The molecule has 0 amide bonds. The molecule has 1 aromatic heterocycles. The van der Waals surface area contributed by atoms with Gasteiger partial charge < -0.3 is 14.2 Å². The molecule has 0 bridgehead atoms. The van der Waals surface area contributed by atoms with Gasteiger partial charge in [-0.1, -0.05) is 0 Å². The van der Waals surface area contributed by atoms with Crippen LogP contribution in [0, 0.1) is 0 Å². The number of aliphatic imine (C=N–C) groups is 1. The van der Waals surface area contributed by atoms with E-state index < -0.39 is 0 Å². The van der Waals surface area contributed by atoms with Crippen molar-refractivity contribution in [1.82, 2.24) is 19.9 Å². The van der Waals surface area contributed by atoms with Crippen LogP contribution < -0.4 is 11.3 Å². The highest BCUT2D eigenvalue weighted by Gasteiger charge is 2.18. The number of imidazole rings is 1. The molecule has 19 heavy (non-hydrogen) atoms. The van der Waals surface area contributed by atoms with Crippen molar-refractivity contribution in [3.63, 3.8) is 0 Å². The number of hydrogen-bond donors (Lipinski definition) is 2. The molecule has 7 heteroatoms. The first-order valence-electron chi connectivity index (χ1n) is 6.69. The second-order valence-electron chi connectivity index (χ2n) is 4.36. The molecule has 0 atom stereocenters. The van der Waals surface area contributed by atoms with E-state index in [1.165, 1.54) is 0 Å². The quantitative estimate of drug-likeness (QED) is 0.257. The summed E-state index contributed by atoms with van der Waals surface area (Å²) < 4.78 is 7.44. The largest absolute Gasteiger partial charge is 0.382 e. The van der Waals surface area contributed by atoms with E-state index in [-0.39, 0.29) is 0 Å². The van der Waals surface area contributed by atoms with Gasteiger partial charge in [0.05, 0.1) is 6.54 Å². The number of rotatable bonds is 5. The molecular formula is C12H22N6O. The highest BCUT2D eigenvalue weighted by atomic mass is 16.5. The topological polar surface area (TPSA) is 80.7 Å². The molecule has 0 aromatic carbocycles. The molecule has 2 heterocycles. The van der Waals surface area contributed by atoms with Crippen molar-refractivity contribution >= 4 is 5.96 Å². The van der Waals surface area contributed by atoms with Crippen LogP contribution in [0.2, 0.25) is 0 Å². The van der Waals surface area contributed by atoms with Crippen molar-refractivity contribution < 1.29 is 4.74 Å². The summed E-state index contributed by atoms with van der Waals surface area (Å²) >= 11 is 0. The summed E-state index contributed by atoms with van der Waals surface area (Å²) in [5, 5.41) is 0. The normalized spacial score (nSPS) is 15.5. The Morgan fingerprint density at radius 1 is 1.58 bits per heavy atom. The number of hydrogen-bond acceptors (Lipinski definition) is 4. The molecule has 7 nitrogen and oxygen atoms in total. The zero-order valence-corrected chi connectivity index (χ0v) is 11.4. The van der Waals surface area contributed by atoms with Gasteiger partial charge in [-0.3, -0.25) is 10.4 Å². The van der Waals surface area contributed by atoms with E-state index >= 15 is 0 Å². The molecule has 0 spiro atoms. The zero-order valence-electron chi connectivity index (χ0n) is 11.4. The summed E-state index contributed by atoms with van der Waals surface area (Å²) in [6.07, 6.45) is 4.73. The molecule has 2 rings (SSSR count). The molecule has 0 unspecified atom stereocenters. The number of nitrogens with zero attached hydrogens (tertiary/aromatic N) is 4. The van der Waals surface area contributed by atoms with Crippen molar-refractivity contribution in [2.45, 2.75) is 26.4 Å². The predicted octanol–water partition coefficient (Wildman–Crippen LogP) is -0.0554. The van der Waals surface area contributed by atoms with Gasteiger partial charge in [-0.05, 0) is 13.3 Å². The Hall–Kier alpha value is -1.60. The number of nitrogens with one attached hydrogen (secondary N) is 1. The van der Waals surface area contributed by atoms with Crippen LogP contribution >= 0.6 is 0 Å². The minimum absolute atomic E-state index is 0.713. The number of guanidine groups is 1. The van der Waals surface area contributed by atoms with Crippen LogP contribution in [0.15, 0.2) is 17.4 Å². The molecule has 1 aliphatic rings. The smallest absolute Gasteiger partial charge is 0.208 e. The molecular weight excluding hydrogens is 244 g/mol. The third kappa shape index (κ3) is 3.68. The molecule has 1 aliphatic heterocycles. The van der Waals surface area contributed by atoms with Gasteiger partial charge in [-0.25, -0.2) is 10.8 Å². The average Bonchev–Trinajstić information content (AvgIpc) is 2.90.